The summed E-state index contributed by atoms with van der Waals surface area (Å²) in [6.07, 6.45) is 0. The van der Waals surface area contributed by atoms with Crippen molar-refractivity contribution in [3.05, 3.63) is 3.95 Å². The molecule has 102 valence electrons. The van der Waals surface area contributed by atoms with Gasteiger partial charge in [0, 0.05) is 18.6 Å². The van der Waals surface area contributed by atoms with Crippen LogP contribution in [0, 0.1) is 3.95 Å². The maximum absolute atomic E-state index is 5.35. The fourth-order valence-corrected chi connectivity index (χ4v) is 2.90. The van der Waals surface area contributed by atoms with Crippen LogP contribution >= 0.6 is 23.6 Å². The fraction of sp³-hybridized carbons (Fsp3) is 0.818. The molecule has 0 spiro atoms. The van der Waals surface area contributed by atoms with Gasteiger partial charge in [-0.15, -0.1) is 5.10 Å². The van der Waals surface area contributed by atoms with Crippen molar-refractivity contribution in [2.75, 3.05) is 31.6 Å². The number of morpholine rings is 1. The molecule has 1 aromatic rings. The zero-order valence-corrected chi connectivity index (χ0v) is 12.7. The molecular formula is C11H20N4OS2. The van der Waals surface area contributed by atoms with Gasteiger partial charge in [0.1, 0.15) is 0 Å². The van der Waals surface area contributed by atoms with E-state index in [2.05, 4.69) is 36.1 Å². The van der Waals surface area contributed by atoms with Gasteiger partial charge in [-0.05, 0) is 33.0 Å². The molecule has 1 saturated heterocycles. The summed E-state index contributed by atoms with van der Waals surface area (Å²) in [4.78, 5) is 2.31. The van der Waals surface area contributed by atoms with Gasteiger partial charge in [0.05, 0.1) is 19.9 Å². The summed E-state index contributed by atoms with van der Waals surface area (Å²) < 4.78 is 8.03. The third-order valence-electron chi connectivity index (χ3n) is 2.53. The average Bonchev–Trinajstić information content (AvgIpc) is 2.58. The molecule has 0 aliphatic carbocycles. The average molecular weight is 288 g/mol. The summed E-state index contributed by atoms with van der Waals surface area (Å²) >= 11 is 6.88. The second-order valence-electron chi connectivity index (χ2n) is 5.42. The molecule has 0 atom stereocenters. The van der Waals surface area contributed by atoms with Crippen LogP contribution in [-0.2, 0) is 11.4 Å². The van der Waals surface area contributed by atoms with E-state index >= 15 is 0 Å². The molecule has 2 heterocycles. The van der Waals surface area contributed by atoms with Crippen LogP contribution in [0.4, 0.5) is 5.13 Å². The second kappa shape index (κ2) is 5.64. The number of nitrogens with one attached hydrogen (secondary N) is 1. The van der Waals surface area contributed by atoms with E-state index in [0.717, 1.165) is 42.1 Å². The Balaban J connectivity index is 2.02. The van der Waals surface area contributed by atoms with Gasteiger partial charge in [-0.2, -0.15) is 0 Å². The van der Waals surface area contributed by atoms with Crippen molar-refractivity contribution in [2.45, 2.75) is 33.0 Å². The van der Waals surface area contributed by atoms with E-state index in [1.54, 1.807) is 0 Å². The largest absolute Gasteiger partial charge is 0.379 e. The molecule has 0 bridgehead atoms. The SMILES string of the molecule is CC(C)(C)Nc1nn(CN2CCOCC2)c(=S)s1. The van der Waals surface area contributed by atoms with E-state index < -0.39 is 0 Å². The Morgan fingerprint density at radius 2 is 2.06 bits per heavy atom. The van der Waals surface area contributed by atoms with Gasteiger partial charge in [0.2, 0.25) is 5.13 Å². The molecule has 1 N–H and O–H groups in total. The first-order valence-corrected chi connectivity index (χ1v) is 7.33. The van der Waals surface area contributed by atoms with Crippen LogP contribution in [0.2, 0.25) is 0 Å². The minimum Gasteiger partial charge on any atom is -0.379 e. The number of ether oxygens (including phenoxy) is 1. The zero-order chi connectivity index (χ0) is 13.2. The van der Waals surface area contributed by atoms with Crippen LogP contribution in [0.1, 0.15) is 20.8 Å². The summed E-state index contributed by atoms with van der Waals surface area (Å²) in [5.74, 6) is 0. The Labute approximate surface area is 117 Å². The molecule has 0 amide bonds. The Bertz CT molecular complexity index is 443. The molecule has 0 aromatic carbocycles. The lowest BCUT2D eigenvalue weighted by molar-refractivity contribution is 0.0212. The molecule has 1 aliphatic heterocycles. The maximum Gasteiger partial charge on any atom is 0.205 e. The molecule has 5 nitrogen and oxygen atoms in total. The van der Waals surface area contributed by atoms with Crippen molar-refractivity contribution in [2.24, 2.45) is 0 Å². The van der Waals surface area contributed by atoms with Gasteiger partial charge in [-0.25, -0.2) is 4.68 Å². The molecule has 1 aromatic heterocycles. The zero-order valence-electron chi connectivity index (χ0n) is 11.1. The fourth-order valence-electron chi connectivity index (χ4n) is 1.70. The van der Waals surface area contributed by atoms with Crippen LogP contribution in [0.3, 0.4) is 0 Å². The van der Waals surface area contributed by atoms with E-state index in [1.807, 2.05) is 4.68 Å². The Hall–Kier alpha value is -0.500. The van der Waals surface area contributed by atoms with Crippen LogP contribution in [0.5, 0.6) is 0 Å². The van der Waals surface area contributed by atoms with E-state index in [0.29, 0.717) is 0 Å². The van der Waals surface area contributed by atoms with Crippen molar-refractivity contribution in [1.82, 2.24) is 14.7 Å². The molecule has 7 heteroatoms. The van der Waals surface area contributed by atoms with Gasteiger partial charge in [-0.1, -0.05) is 11.3 Å². The highest BCUT2D eigenvalue weighted by molar-refractivity contribution is 7.73. The van der Waals surface area contributed by atoms with Gasteiger partial charge in [-0.3, -0.25) is 4.90 Å². The molecule has 0 unspecified atom stereocenters. The highest BCUT2D eigenvalue weighted by Crippen LogP contribution is 2.19. The highest BCUT2D eigenvalue weighted by Gasteiger charge is 2.15. The Morgan fingerprint density at radius 3 is 2.67 bits per heavy atom. The standard InChI is InChI=1S/C11H20N4OS2/c1-11(2,3)12-9-13-15(10(17)18-9)8-14-4-6-16-7-5-14/h4-8H2,1-3H3,(H,12,13). The molecular weight excluding hydrogens is 268 g/mol. The number of nitrogens with zero attached hydrogens (tertiary/aromatic N) is 3. The van der Waals surface area contributed by atoms with Crippen molar-refractivity contribution in [3.63, 3.8) is 0 Å². The summed E-state index contributed by atoms with van der Waals surface area (Å²) in [7, 11) is 0. The predicted molar refractivity (Wildman–Crippen MR) is 76.7 cm³/mol. The summed E-state index contributed by atoms with van der Waals surface area (Å²) in [6.45, 7) is 10.6. The van der Waals surface area contributed by atoms with E-state index in [9.17, 15) is 0 Å². The van der Waals surface area contributed by atoms with Crippen LogP contribution in [-0.4, -0.2) is 46.5 Å². The van der Waals surface area contributed by atoms with Gasteiger partial charge in [0.15, 0.2) is 3.95 Å². The third kappa shape index (κ3) is 4.01. The van der Waals surface area contributed by atoms with Crippen LogP contribution in [0.15, 0.2) is 0 Å². The molecule has 0 saturated carbocycles. The van der Waals surface area contributed by atoms with Crippen molar-refractivity contribution in [3.8, 4) is 0 Å². The van der Waals surface area contributed by atoms with Crippen molar-refractivity contribution < 1.29 is 4.74 Å². The Kier molecular flexibility index (Phi) is 4.37. The summed E-state index contributed by atoms with van der Waals surface area (Å²) in [5, 5.41) is 8.77. The topological polar surface area (TPSA) is 42.3 Å². The minimum absolute atomic E-state index is 0.0103. The first-order chi connectivity index (χ1) is 8.44. The number of rotatable bonds is 3. The third-order valence-corrected chi connectivity index (χ3v) is 3.75. The minimum atomic E-state index is 0.0103. The second-order valence-corrected chi connectivity index (χ2v) is 7.04. The number of hydrogen-bond acceptors (Lipinski definition) is 6. The number of aromatic nitrogens is 2. The molecule has 2 rings (SSSR count). The van der Waals surface area contributed by atoms with Crippen molar-refractivity contribution >= 4 is 28.7 Å². The van der Waals surface area contributed by atoms with Crippen LogP contribution < -0.4 is 5.32 Å². The smallest absolute Gasteiger partial charge is 0.205 e. The monoisotopic (exact) mass is 288 g/mol. The quantitative estimate of drug-likeness (QED) is 0.864. The van der Waals surface area contributed by atoms with Crippen molar-refractivity contribution in [1.29, 1.82) is 0 Å². The van der Waals surface area contributed by atoms with Crippen LogP contribution in [0.25, 0.3) is 0 Å². The number of hydrogen-bond donors (Lipinski definition) is 1. The molecule has 1 fully saturated rings. The van der Waals surface area contributed by atoms with E-state index in [-0.39, 0.29) is 5.54 Å². The lowest BCUT2D eigenvalue weighted by atomic mass is 10.1. The Morgan fingerprint density at radius 1 is 1.39 bits per heavy atom. The molecule has 0 radical (unpaired) electrons. The summed E-state index contributed by atoms with van der Waals surface area (Å²) in [5.41, 5.74) is 0.0103. The van der Waals surface area contributed by atoms with Gasteiger partial charge < -0.3 is 10.1 Å². The number of anilines is 1. The lowest BCUT2D eigenvalue weighted by Crippen LogP contribution is -2.37. The predicted octanol–water partition coefficient (Wildman–Crippen LogP) is 2.17. The highest BCUT2D eigenvalue weighted by atomic mass is 32.1. The molecule has 18 heavy (non-hydrogen) atoms. The maximum atomic E-state index is 5.35. The first-order valence-electron chi connectivity index (χ1n) is 6.10. The first kappa shape index (κ1) is 13.9. The normalized spacial score (nSPS) is 17.9. The lowest BCUT2D eigenvalue weighted by Gasteiger charge is -2.26. The van der Waals surface area contributed by atoms with E-state index in [4.69, 9.17) is 17.0 Å². The molecule has 1 aliphatic rings. The van der Waals surface area contributed by atoms with E-state index in [1.165, 1.54) is 11.3 Å². The van der Waals surface area contributed by atoms with Gasteiger partial charge in [0.25, 0.3) is 0 Å². The van der Waals surface area contributed by atoms with Gasteiger partial charge >= 0.3 is 0 Å². The summed E-state index contributed by atoms with van der Waals surface area (Å²) in [6, 6.07) is 0.